The molecule has 0 aliphatic carbocycles. The van der Waals surface area contributed by atoms with Gasteiger partial charge in [0.05, 0.1) is 5.02 Å². The van der Waals surface area contributed by atoms with Crippen molar-refractivity contribution in [2.24, 2.45) is 5.41 Å². The van der Waals surface area contributed by atoms with Crippen LogP contribution in [-0.4, -0.2) is 37.0 Å². The first-order chi connectivity index (χ1) is 9.61. The van der Waals surface area contributed by atoms with E-state index in [-0.39, 0.29) is 5.91 Å². The number of piperidine rings is 2. The molecule has 0 bridgehead atoms. The Morgan fingerprint density at radius 3 is 2.90 bits per heavy atom. The zero-order chi connectivity index (χ0) is 14.2. The Morgan fingerprint density at radius 1 is 1.45 bits per heavy atom. The molecule has 2 aliphatic heterocycles. The van der Waals surface area contributed by atoms with E-state index in [1.165, 1.54) is 30.6 Å². The molecule has 1 atom stereocenters. The third-order valence-electron chi connectivity index (χ3n) is 4.60. The minimum atomic E-state index is 0.123. The van der Waals surface area contributed by atoms with Gasteiger partial charge in [-0.15, -0.1) is 11.3 Å². The van der Waals surface area contributed by atoms with Gasteiger partial charge in [0.15, 0.2) is 0 Å². The van der Waals surface area contributed by atoms with Crippen LogP contribution in [0, 0.1) is 12.3 Å². The lowest BCUT2D eigenvalue weighted by atomic mass is 9.74. The molecule has 1 unspecified atom stereocenters. The molecule has 1 aromatic heterocycles. The molecule has 3 nitrogen and oxygen atoms in total. The van der Waals surface area contributed by atoms with Gasteiger partial charge in [-0.2, -0.15) is 0 Å². The van der Waals surface area contributed by atoms with Crippen molar-refractivity contribution in [2.75, 3.05) is 26.2 Å². The predicted molar refractivity (Wildman–Crippen MR) is 83.7 cm³/mol. The van der Waals surface area contributed by atoms with E-state index in [0.717, 1.165) is 38.2 Å². The summed E-state index contributed by atoms with van der Waals surface area (Å²) in [7, 11) is 0. The van der Waals surface area contributed by atoms with Crippen LogP contribution < -0.4 is 5.32 Å². The van der Waals surface area contributed by atoms with Crippen LogP contribution in [0.5, 0.6) is 0 Å². The highest BCUT2D eigenvalue weighted by Crippen LogP contribution is 2.37. The van der Waals surface area contributed by atoms with Crippen molar-refractivity contribution in [1.29, 1.82) is 0 Å². The normalized spacial score (nSPS) is 27.0. The number of hydrogen-bond donors (Lipinski definition) is 1. The van der Waals surface area contributed by atoms with E-state index < -0.39 is 0 Å². The molecule has 2 fully saturated rings. The number of hydrogen-bond acceptors (Lipinski definition) is 3. The average molecular weight is 313 g/mol. The largest absolute Gasteiger partial charge is 0.337 e. The fraction of sp³-hybridized carbons (Fsp3) is 0.667. The quantitative estimate of drug-likeness (QED) is 0.863. The Hall–Kier alpha value is -0.580. The second-order valence-corrected chi connectivity index (χ2v) is 7.43. The molecule has 2 saturated heterocycles. The number of aryl methyl sites for hydroxylation is 1. The van der Waals surface area contributed by atoms with E-state index in [1.807, 2.05) is 17.2 Å². The highest BCUT2D eigenvalue weighted by Gasteiger charge is 2.38. The van der Waals surface area contributed by atoms with Crippen LogP contribution in [-0.2, 0) is 0 Å². The summed E-state index contributed by atoms with van der Waals surface area (Å²) in [5.74, 6) is 0.123. The van der Waals surface area contributed by atoms with Crippen LogP contribution in [0.2, 0.25) is 5.02 Å². The van der Waals surface area contributed by atoms with Gasteiger partial charge in [0, 0.05) is 25.0 Å². The first kappa shape index (κ1) is 14.4. The first-order valence-corrected chi connectivity index (χ1v) is 8.61. The van der Waals surface area contributed by atoms with Crippen LogP contribution in [0.15, 0.2) is 5.38 Å². The lowest BCUT2D eigenvalue weighted by Gasteiger charge is -2.45. The summed E-state index contributed by atoms with van der Waals surface area (Å²) in [6.07, 6.45) is 4.80. The minimum absolute atomic E-state index is 0.123. The van der Waals surface area contributed by atoms with Crippen LogP contribution in [0.25, 0.3) is 0 Å². The maximum atomic E-state index is 12.7. The van der Waals surface area contributed by atoms with Gasteiger partial charge in [0.1, 0.15) is 4.88 Å². The highest BCUT2D eigenvalue weighted by molar-refractivity contribution is 7.13. The number of rotatable bonds is 1. The van der Waals surface area contributed by atoms with E-state index >= 15 is 0 Å². The molecule has 1 spiro atoms. The maximum absolute atomic E-state index is 12.7. The number of nitrogens with one attached hydrogen (secondary N) is 1. The molecule has 20 heavy (non-hydrogen) atoms. The van der Waals surface area contributed by atoms with Crippen LogP contribution >= 0.6 is 22.9 Å². The van der Waals surface area contributed by atoms with E-state index in [2.05, 4.69) is 5.32 Å². The number of likely N-dealkylation sites (tertiary alicyclic amines) is 1. The summed E-state index contributed by atoms with van der Waals surface area (Å²) in [5.41, 5.74) is 1.30. The Labute approximate surface area is 129 Å². The standard InChI is InChI=1S/C15H21ClN2OS/c1-11-8-20-13(12(11)16)14(19)18-7-3-5-15(10-18)4-2-6-17-9-15/h8,17H,2-7,9-10H2,1H3. The van der Waals surface area contributed by atoms with Crippen LogP contribution in [0.1, 0.15) is 40.9 Å². The monoisotopic (exact) mass is 312 g/mol. The van der Waals surface area contributed by atoms with Gasteiger partial charge >= 0.3 is 0 Å². The molecular weight excluding hydrogens is 292 g/mol. The predicted octanol–water partition coefficient (Wildman–Crippen LogP) is 3.32. The van der Waals surface area contributed by atoms with Crippen molar-refractivity contribution in [3.63, 3.8) is 0 Å². The maximum Gasteiger partial charge on any atom is 0.265 e. The third kappa shape index (κ3) is 2.61. The lowest BCUT2D eigenvalue weighted by Crippen LogP contribution is -2.52. The van der Waals surface area contributed by atoms with Crippen molar-refractivity contribution < 1.29 is 4.79 Å². The molecule has 2 aliphatic rings. The fourth-order valence-electron chi connectivity index (χ4n) is 3.48. The van der Waals surface area contributed by atoms with E-state index in [0.29, 0.717) is 15.3 Å². The zero-order valence-corrected chi connectivity index (χ0v) is 13.4. The second-order valence-electron chi connectivity index (χ2n) is 6.17. The minimum Gasteiger partial charge on any atom is -0.337 e. The number of carbonyl (C=O) groups is 1. The molecule has 0 aromatic carbocycles. The van der Waals surface area contributed by atoms with E-state index in [4.69, 9.17) is 11.6 Å². The van der Waals surface area contributed by atoms with Gasteiger partial charge in [-0.1, -0.05) is 11.6 Å². The summed E-state index contributed by atoms with van der Waals surface area (Å²) >= 11 is 7.72. The molecule has 1 N–H and O–H groups in total. The summed E-state index contributed by atoms with van der Waals surface area (Å²) < 4.78 is 0. The first-order valence-electron chi connectivity index (χ1n) is 7.35. The Balaban J connectivity index is 1.76. The molecule has 1 aromatic rings. The zero-order valence-electron chi connectivity index (χ0n) is 11.9. The van der Waals surface area contributed by atoms with Crippen molar-refractivity contribution in [3.8, 4) is 0 Å². The van der Waals surface area contributed by atoms with Gasteiger partial charge in [-0.05, 0) is 50.1 Å². The summed E-state index contributed by atoms with van der Waals surface area (Å²) in [6.45, 7) is 5.87. The molecule has 5 heteroatoms. The van der Waals surface area contributed by atoms with Crippen LogP contribution in [0.4, 0.5) is 0 Å². The van der Waals surface area contributed by atoms with Gasteiger partial charge in [-0.3, -0.25) is 4.79 Å². The molecular formula is C15H21ClN2OS. The smallest absolute Gasteiger partial charge is 0.265 e. The number of halogens is 1. The Kier molecular flexibility index (Phi) is 4.07. The van der Waals surface area contributed by atoms with Gasteiger partial charge in [0.2, 0.25) is 0 Å². The van der Waals surface area contributed by atoms with Crippen molar-refractivity contribution >= 4 is 28.8 Å². The number of nitrogens with zero attached hydrogens (tertiary/aromatic N) is 1. The molecule has 3 rings (SSSR count). The molecule has 0 saturated carbocycles. The molecule has 3 heterocycles. The third-order valence-corrected chi connectivity index (χ3v) is 6.29. The fourth-order valence-corrected chi connectivity index (χ4v) is 4.72. The average Bonchev–Trinajstić information content (AvgIpc) is 2.79. The Morgan fingerprint density at radius 2 is 2.25 bits per heavy atom. The van der Waals surface area contributed by atoms with Crippen LogP contribution in [0.3, 0.4) is 0 Å². The van der Waals surface area contributed by atoms with Gasteiger partial charge < -0.3 is 10.2 Å². The molecule has 110 valence electrons. The number of amides is 1. The summed E-state index contributed by atoms with van der Waals surface area (Å²) in [5, 5.41) is 6.11. The second kappa shape index (κ2) is 5.66. The van der Waals surface area contributed by atoms with Crippen molar-refractivity contribution in [2.45, 2.75) is 32.6 Å². The topological polar surface area (TPSA) is 32.3 Å². The highest BCUT2D eigenvalue weighted by atomic mass is 35.5. The summed E-state index contributed by atoms with van der Waals surface area (Å²) in [6, 6.07) is 0. The summed E-state index contributed by atoms with van der Waals surface area (Å²) in [4.78, 5) is 15.4. The van der Waals surface area contributed by atoms with E-state index in [1.54, 1.807) is 0 Å². The lowest BCUT2D eigenvalue weighted by molar-refractivity contribution is 0.0438. The number of thiophene rings is 1. The Bertz CT molecular complexity index is 502. The van der Waals surface area contributed by atoms with Gasteiger partial charge in [0.25, 0.3) is 5.91 Å². The number of carbonyl (C=O) groups excluding carboxylic acids is 1. The SMILES string of the molecule is Cc1csc(C(=O)N2CCCC3(CCCNC3)C2)c1Cl. The van der Waals surface area contributed by atoms with Crippen molar-refractivity contribution in [3.05, 3.63) is 20.8 Å². The van der Waals surface area contributed by atoms with Gasteiger partial charge in [-0.25, -0.2) is 0 Å². The van der Waals surface area contributed by atoms with Crippen molar-refractivity contribution in [1.82, 2.24) is 10.2 Å². The molecule has 0 radical (unpaired) electrons. The van der Waals surface area contributed by atoms with E-state index in [9.17, 15) is 4.79 Å². The molecule has 1 amide bonds.